The highest BCUT2D eigenvalue weighted by Crippen LogP contribution is 2.23. The van der Waals surface area contributed by atoms with E-state index >= 15 is 0 Å². The van der Waals surface area contributed by atoms with Crippen LogP contribution < -0.4 is 5.73 Å². The highest BCUT2D eigenvalue weighted by atomic mass is 19.1. The average molecular weight is 287 g/mol. The number of nitrogen functional groups attached to an aromatic ring is 1. The molecule has 2 N–H and O–H groups in total. The Kier molecular flexibility index (Phi) is 3.35. The van der Waals surface area contributed by atoms with Crippen LogP contribution in [0.4, 0.5) is 14.5 Å². The smallest absolute Gasteiger partial charge is 0.260 e. The van der Waals surface area contributed by atoms with Crippen LogP contribution in [0.15, 0.2) is 47.0 Å². The summed E-state index contributed by atoms with van der Waals surface area (Å²) in [5.41, 5.74) is 6.86. The Morgan fingerprint density at radius 2 is 1.95 bits per heavy atom. The minimum absolute atomic E-state index is 0.0474. The number of nitrogens with zero attached hydrogens (tertiary/aromatic N) is 2. The van der Waals surface area contributed by atoms with Crippen molar-refractivity contribution in [2.75, 3.05) is 5.73 Å². The van der Waals surface area contributed by atoms with Crippen molar-refractivity contribution < 1.29 is 13.3 Å². The number of hydrogen-bond acceptors (Lipinski definition) is 4. The van der Waals surface area contributed by atoms with Crippen LogP contribution in [-0.2, 0) is 6.42 Å². The Hall–Kier alpha value is -2.76. The van der Waals surface area contributed by atoms with Gasteiger partial charge >= 0.3 is 0 Å². The molecule has 2 aromatic carbocycles. The Labute approximate surface area is 119 Å². The molecule has 0 aliphatic heterocycles. The summed E-state index contributed by atoms with van der Waals surface area (Å²) < 4.78 is 31.9. The lowest BCUT2D eigenvalue weighted by atomic mass is 10.1. The van der Waals surface area contributed by atoms with Crippen molar-refractivity contribution in [1.29, 1.82) is 0 Å². The van der Waals surface area contributed by atoms with Gasteiger partial charge in [-0.05, 0) is 35.9 Å². The van der Waals surface area contributed by atoms with E-state index in [9.17, 15) is 8.78 Å². The fourth-order valence-electron chi connectivity index (χ4n) is 1.97. The quantitative estimate of drug-likeness (QED) is 0.751. The van der Waals surface area contributed by atoms with Crippen LogP contribution in [0.3, 0.4) is 0 Å². The maximum atomic E-state index is 13.7. The molecule has 0 unspecified atom stereocenters. The first-order chi connectivity index (χ1) is 10.1. The molecular formula is C15H11F2N3O. The van der Waals surface area contributed by atoms with Gasteiger partial charge in [-0.1, -0.05) is 17.3 Å². The van der Waals surface area contributed by atoms with Gasteiger partial charge in [-0.15, -0.1) is 0 Å². The van der Waals surface area contributed by atoms with Gasteiger partial charge < -0.3 is 10.3 Å². The Bertz CT molecular complexity index is 786. The van der Waals surface area contributed by atoms with Gasteiger partial charge in [-0.25, -0.2) is 8.78 Å². The number of benzene rings is 2. The Morgan fingerprint density at radius 3 is 2.76 bits per heavy atom. The molecule has 0 amide bonds. The van der Waals surface area contributed by atoms with Crippen LogP contribution >= 0.6 is 0 Å². The summed E-state index contributed by atoms with van der Waals surface area (Å²) in [4.78, 5) is 4.11. The van der Waals surface area contributed by atoms with Crippen molar-refractivity contribution in [2.45, 2.75) is 6.42 Å². The summed E-state index contributed by atoms with van der Waals surface area (Å²) in [7, 11) is 0. The Morgan fingerprint density at radius 1 is 1.10 bits per heavy atom. The van der Waals surface area contributed by atoms with Crippen molar-refractivity contribution in [1.82, 2.24) is 10.1 Å². The fourth-order valence-corrected chi connectivity index (χ4v) is 1.97. The topological polar surface area (TPSA) is 64.9 Å². The highest BCUT2D eigenvalue weighted by Gasteiger charge is 2.14. The summed E-state index contributed by atoms with van der Waals surface area (Å²) in [6.07, 6.45) is 0.297. The number of hydrogen-bond donors (Lipinski definition) is 1. The number of rotatable bonds is 3. The SMILES string of the molecule is Nc1ccc(F)c(-c2nc(Cc3cccc(F)c3)no2)c1. The number of anilines is 1. The fraction of sp³-hybridized carbons (Fsp3) is 0.0667. The predicted molar refractivity (Wildman–Crippen MR) is 73.3 cm³/mol. The zero-order chi connectivity index (χ0) is 14.8. The zero-order valence-electron chi connectivity index (χ0n) is 10.9. The molecule has 0 spiro atoms. The molecule has 1 aromatic heterocycles. The van der Waals surface area contributed by atoms with Gasteiger partial charge in [0, 0.05) is 12.1 Å². The largest absolute Gasteiger partial charge is 0.399 e. The second-order valence-corrected chi connectivity index (χ2v) is 4.56. The van der Waals surface area contributed by atoms with Crippen molar-refractivity contribution in [3.63, 3.8) is 0 Å². The summed E-state index contributed by atoms with van der Waals surface area (Å²) in [5.74, 6) is -0.438. The third-order valence-electron chi connectivity index (χ3n) is 2.94. The van der Waals surface area contributed by atoms with Crippen molar-refractivity contribution in [3.8, 4) is 11.5 Å². The zero-order valence-corrected chi connectivity index (χ0v) is 10.9. The van der Waals surface area contributed by atoms with E-state index in [1.165, 1.54) is 30.3 Å². The molecule has 0 saturated heterocycles. The second-order valence-electron chi connectivity index (χ2n) is 4.56. The number of halogens is 2. The van der Waals surface area contributed by atoms with Crippen molar-refractivity contribution in [2.24, 2.45) is 0 Å². The van der Waals surface area contributed by atoms with E-state index in [0.717, 1.165) is 0 Å². The molecule has 0 atom stereocenters. The summed E-state index contributed by atoms with van der Waals surface area (Å²) in [5, 5.41) is 3.77. The monoisotopic (exact) mass is 287 g/mol. The second kappa shape index (κ2) is 5.32. The van der Waals surface area contributed by atoms with E-state index in [0.29, 0.717) is 23.5 Å². The van der Waals surface area contributed by atoms with E-state index in [-0.39, 0.29) is 17.3 Å². The first-order valence-electron chi connectivity index (χ1n) is 6.24. The van der Waals surface area contributed by atoms with Crippen LogP contribution in [0, 0.1) is 11.6 Å². The molecule has 0 aliphatic rings. The molecule has 0 saturated carbocycles. The number of nitrogens with two attached hydrogens (primary N) is 1. The predicted octanol–water partition coefficient (Wildman–Crippen LogP) is 3.19. The highest BCUT2D eigenvalue weighted by molar-refractivity contribution is 5.60. The average Bonchev–Trinajstić information content (AvgIpc) is 2.90. The van der Waals surface area contributed by atoms with E-state index in [1.54, 1.807) is 12.1 Å². The van der Waals surface area contributed by atoms with Gasteiger partial charge in [-0.2, -0.15) is 4.98 Å². The van der Waals surface area contributed by atoms with Crippen LogP contribution in [0.25, 0.3) is 11.5 Å². The first kappa shape index (κ1) is 13.2. The maximum absolute atomic E-state index is 13.7. The molecule has 0 aliphatic carbocycles. The lowest BCUT2D eigenvalue weighted by molar-refractivity contribution is 0.421. The standard InChI is InChI=1S/C15H11F2N3O/c16-10-3-1-2-9(6-10)7-14-19-15(21-20-14)12-8-11(18)4-5-13(12)17/h1-6,8H,7,18H2. The molecule has 0 fully saturated rings. The minimum Gasteiger partial charge on any atom is -0.399 e. The molecule has 1 heterocycles. The summed E-state index contributed by atoms with van der Waals surface area (Å²) in [6.45, 7) is 0. The summed E-state index contributed by atoms with van der Waals surface area (Å²) >= 11 is 0. The molecule has 4 nitrogen and oxygen atoms in total. The molecule has 0 bridgehead atoms. The Balaban J connectivity index is 1.88. The van der Waals surface area contributed by atoms with E-state index < -0.39 is 5.82 Å². The summed E-state index contributed by atoms with van der Waals surface area (Å²) in [6, 6.07) is 10.2. The number of aromatic nitrogens is 2. The molecule has 3 rings (SSSR count). The van der Waals surface area contributed by atoms with Crippen LogP contribution in [0.2, 0.25) is 0 Å². The minimum atomic E-state index is -0.495. The van der Waals surface area contributed by atoms with Gasteiger partial charge in [0.2, 0.25) is 0 Å². The molecule has 0 radical (unpaired) electrons. The van der Waals surface area contributed by atoms with Crippen molar-refractivity contribution in [3.05, 3.63) is 65.5 Å². The molecular weight excluding hydrogens is 276 g/mol. The molecule has 3 aromatic rings. The van der Waals surface area contributed by atoms with Crippen LogP contribution in [0.5, 0.6) is 0 Å². The van der Waals surface area contributed by atoms with E-state index in [4.69, 9.17) is 10.3 Å². The first-order valence-corrected chi connectivity index (χ1v) is 6.24. The maximum Gasteiger partial charge on any atom is 0.260 e. The van der Waals surface area contributed by atoms with Gasteiger partial charge in [0.15, 0.2) is 5.82 Å². The molecule has 106 valence electrons. The lowest BCUT2D eigenvalue weighted by Crippen LogP contribution is -1.92. The van der Waals surface area contributed by atoms with Gasteiger partial charge in [0.05, 0.1) is 5.56 Å². The van der Waals surface area contributed by atoms with Crippen LogP contribution in [-0.4, -0.2) is 10.1 Å². The third-order valence-corrected chi connectivity index (χ3v) is 2.94. The van der Waals surface area contributed by atoms with Gasteiger partial charge in [0.25, 0.3) is 5.89 Å². The lowest BCUT2D eigenvalue weighted by Gasteiger charge is -1.98. The van der Waals surface area contributed by atoms with Gasteiger partial charge in [-0.3, -0.25) is 0 Å². The normalized spacial score (nSPS) is 10.8. The van der Waals surface area contributed by atoms with Crippen LogP contribution in [0.1, 0.15) is 11.4 Å². The van der Waals surface area contributed by atoms with E-state index in [2.05, 4.69) is 10.1 Å². The van der Waals surface area contributed by atoms with Gasteiger partial charge in [0.1, 0.15) is 11.6 Å². The molecule has 21 heavy (non-hydrogen) atoms. The van der Waals surface area contributed by atoms with Crippen molar-refractivity contribution >= 4 is 5.69 Å². The van der Waals surface area contributed by atoms with E-state index in [1.807, 2.05) is 0 Å². The molecule has 6 heteroatoms. The third kappa shape index (κ3) is 2.89.